The summed E-state index contributed by atoms with van der Waals surface area (Å²) in [5.74, 6) is 0. The van der Waals surface area contributed by atoms with Gasteiger partial charge < -0.3 is 0 Å². The van der Waals surface area contributed by atoms with E-state index in [4.69, 9.17) is 0 Å². The van der Waals surface area contributed by atoms with E-state index in [1.54, 1.807) is 12.1 Å². The molecule has 1 N–H and O–H groups in total. The van der Waals surface area contributed by atoms with Crippen LogP contribution in [-0.2, 0) is 28.4 Å². The van der Waals surface area contributed by atoms with Crippen LogP contribution in [-0.4, -0.2) is 8.42 Å². The number of hydrogen-bond acceptors (Lipinski definition) is 2. The minimum absolute atomic E-state index is 0.0963. The average molecular weight is 331 g/mol. The zero-order chi connectivity index (χ0) is 17.1. The molecule has 0 aliphatic carbocycles. The topological polar surface area (TPSA) is 46.2 Å². The van der Waals surface area contributed by atoms with E-state index in [0.29, 0.717) is 11.4 Å². The summed E-state index contributed by atoms with van der Waals surface area (Å²) in [4.78, 5) is 0.306. The molecule has 124 valence electrons. The molecule has 0 spiro atoms. The molecule has 2 rings (SSSR count). The Bertz CT molecular complexity index is 739. The van der Waals surface area contributed by atoms with Gasteiger partial charge in [-0.05, 0) is 40.7 Å². The van der Waals surface area contributed by atoms with Crippen molar-refractivity contribution in [1.29, 1.82) is 0 Å². The molecule has 0 bridgehead atoms. The van der Waals surface area contributed by atoms with Crippen molar-refractivity contribution in [3.05, 3.63) is 65.2 Å². The Labute approximate surface area is 139 Å². The molecule has 4 heteroatoms. The van der Waals surface area contributed by atoms with Gasteiger partial charge in [-0.25, -0.2) is 13.1 Å². The SMILES string of the molecule is CCc1ccc(S(=O)(=O)NCc2ccc(C(C)(C)C)cc2)cc1. The quantitative estimate of drug-likeness (QED) is 0.899. The van der Waals surface area contributed by atoms with Gasteiger partial charge in [0, 0.05) is 6.54 Å². The summed E-state index contributed by atoms with van der Waals surface area (Å²) in [6.07, 6.45) is 0.897. The zero-order valence-corrected chi connectivity index (χ0v) is 15.1. The maximum absolute atomic E-state index is 12.3. The van der Waals surface area contributed by atoms with Gasteiger partial charge in [0.15, 0.2) is 0 Å². The standard InChI is InChI=1S/C19H25NO2S/c1-5-15-8-12-18(13-9-15)23(21,22)20-14-16-6-10-17(11-7-16)19(2,3)4/h6-13,20H,5,14H2,1-4H3. The molecule has 3 nitrogen and oxygen atoms in total. The average Bonchev–Trinajstić information content (AvgIpc) is 2.53. The zero-order valence-electron chi connectivity index (χ0n) is 14.3. The Hall–Kier alpha value is -1.65. The molecule has 0 saturated heterocycles. The number of benzene rings is 2. The molecule has 0 amide bonds. The summed E-state index contributed by atoms with van der Waals surface area (Å²) in [7, 11) is -3.47. The molecule has 0 aromatic heterocycles. The lowest BCUT2D eigenvalue weighted by molar-refractivity contribution is 0.580. The van der Waals surface area contributed by atoms with E-state index in [-0.39, 0.29) is 5.41 Å². The van der Waals surface area contributed by atoms with E-state index < -0.39 is 10.0 Å². The van der Waals surface area contributed by atoms with Crippen molar-refractivity contribution in [3.8, 4) is 0 Å². The van der Waals surface area contributed by atoms with Crippen LogP contribution in [0.3, 0.4) is 0 Å². The van der Waals surface area contributed by atoms with Crippen LogP contribution < -0.4 is 4.72 Å². The Morgan fingerprint density at radius 2 is 1.39 bits per heavy atom. The van der Waals surface area contributed by atoms with Gasteiger partial charge >= 0.3 is 0 Å². The third-order valence-corrected chi connectivity index (χ3v) is 5.35. The molecular weight excluding hydrogens is 306 g/mol. The fraction of sp³-hybridized carbons (Fsp3) is 0.368. The fourth-order valence-electron chi connectivity index (χ4n) is 2.29. The van der Waals surface area contributed by atoms with Gasteiger partial charge in [-0.15, -0.1) is 0 Å². The van der Waals surface area contributed by atoms with Crippen LogP contribution in [0.5, 0.6) is 0 Å². The van der Waals surface area contributed by atoms with Gasteiger partial charge in [0.2, 0.25) is 10.0 Å². The van der Waals surface area contributed by atoms with Crippen LogP contribution in [0.4, 0.5) is 0 Å². The van der Waals surface area contributed by atoms with Gasteiger partial charge in [-0.1, -0.05) is 64.1 Å². The van der Waals surface area contributed by atoms with Crippen LogP contribution in [0, 0.1) is 0 Å². The van der Waals surface area contributed by atoms with Crippen molar-refractivity contribution < 1.29 is 8.42 Å². The van der Waals surface area contributed by atoms with Gasteiger partial charge in [0.25, 0.3) is 0 Å². The van der Waals surface area contributed by atoms with Gasteiger partial charge in [0.1, 0.15) is 0 Å². The third kappa shape index (κ3) is 4.66. The molecule has 0 fully saturated rings. The largest absolute Gasteiger partial charge is 0.240 e. The van der Waals surface area contributed by atoms with E-state index in [0.717, 1.165) is 17.5 Å². The number of nitrogens with one attached hydrogen (secondary N) is 1. The van der Waals surface area contributed by atoms with E-state index in [9.17, 15) is 8.42 Å². The van der Waals surface area contributed by atoms with E-state index in [1.165, 1.54) is 5.56 Å². The second-order valence-electron chi connectivity index (χ2n) is 6.77. The second-order valence-corrected chi connectivity index (χ2v) is 8.54. The summed E-state index contributed by atoms with van der Waals surface area (Å²) >= 11 is 0. The predicted molar refractivity (Wildman–Crippen MR) is 95.0 cm³/mol. The first kappa shape index (κ1) is 17.7. The highest BCUT2D eigenvalue weighted by Gasteiger charge is 2.15. The number of hydrogen-bond donors (Lipinski definition) is 1. The molecule has 23 heavy (non-hydrogen) atoms. The second kappa shape index (κ2) is 6.85. The highest BCUT2D eigenvalue weighted by molar-refractivity contribution is 7.89. The summed E-state index contributed by atoms with van der Waals surface area (Å²) in [6.45, 7) is 8.81. The van der Waals surface area contributed by atoms with Crippen molar-refractivity contribution in [3.63, 3.8) is 0 Å². The van der Waals surface area contributed by atoms with Crippen molar-refractivity contribution in [2.24, 2.45) is 0 Å². The molecule has 0 aliphatic rings. The van der Waals surface area contributed by atoms with Crippen molar-refractivity contribution >= 4 is 10.0 Å². The summed E-state index contributed by atoms with van der Waals surface area (Å²) in [6, 6.07) is 15.1. The predicted octanol–water partition coefficient (Wildman–Crippen LogP) is 4.03. The third-order valence-electron chi connectivity index (χ3n) is 3.93. The monoisotopic (exact) mass is 331 g/mol. The molecule has 0 radical (unpaired) electrons. The first-order valence-electron chi connectivity index (χ1n) is 7.90. The lowest BCUT2D eigenvalue weighted by Gasteiger charge is -2.19. The summed E-state index contributed by atoms with van der Waals surface area (Å²) < 4.78 is 27.3. The lowest BCUT2D eigenvalue weighted by atomic mass is 9.87. The lowest BCUT2D eigenvalue weighted by Crippen LogP contribution is -2.23. The molecule has 0 saturated carbocycles. The highest BCUT2D eigenvalue weighted by atomic mass is 32.2. The maximum Gasteiger partial charge on any atom is 0.240 e. The highest BCUT2D eigenvalue weighted by Crippen LogP contribution is 2.22. The molecule has 0 heterocycles. The Morgan fingerprint density at radius 3 is 1.87 bits per heavy atom. The van der Waals surface area contributed by atoms with E-state index in [1.807, 2.05) is 31.2 Å². The fourth-order valence-corrected chi connectivity index (χ4v) is 3.31. The van der Waals surface area contributed by atoms with Crippen molar-refractivity contribution in [2.75, 3.05) is 0 Å². The van der Waals surface area contributed by atoms with Crippen LogP contribution in [0.15, 0.2) is 53.4 Å². The molecule has 0 atom stereocenters. The number of rotatable bonds is 5. The van der Waals surface area contributed by atoms with E-state index >= 15 is 0 Å². The van der Waals surface area contributed by atoms with Crippen molar-refractivity contribution in [1.82, 2.24) is 4.72 Å². The van der Waals surface area contributed by atoms with Gasteiger partial charge in [-0.3, -0.25) is 0 Å². The minimum atomic E-state index is -3.47. The maximum atomic E-state index is 12.3. The van der Waals surface area contributed by atoms with Crippen LogP contribution in [0.2, 0.25) is 0 Å². The summed E-state index contributed by atoms with van der Waals surface area (Å²) in [5.41, 5.74) is 3.41. The molecule has 2 aromatic carbocycles. The van der Waals surface area contributed by atoms with Crippen LogP contribution in [0.25, 0.3) is 0 Å². The Morgan fingerprint density at radius 1 is 0.870 bits per heavy atom. The normalized spacial score (nSPS) is 12.3. The first-order valence-corrected chi connectivity index (χ1v) is 9.39. The van der Waals surface area contributed by atoms with Crippen LogP contribution in [0.1, 0.15) is 44.4 Å². The smallest absolute Gasteiger partial charge is 0.207 e. The first-order chi connectivity index (χ1) is 10.7. The molecule has 0 aliphatic heterocycles. The molecular formula is C19H25NO2S. The van der Waals surface area contributed by atoms with Crippen LogP contribution >= 0.6 is 0 Å². The minimum Gasteiger partial charge on any atom is -0.207 e. The van der Waals surface area contributed by atoms with Crippen molar-refractivity contribution in [2.45, 2.75) is 51.0 Å². The van der Waals surface area contributed by atoms with E-state index in [2.05, 4.69) is 37.6 Å². The molecule has 2 aromatic rings. The van der Waals surface area contributed by atoms with Gasteiger partial charge in [0.05, 0.1) is 4.90 Å². The Kier molecular flexibility index (Phi) is 5.27. The van der Waals surface area contributed by atoms with Gasteiger partial charge in [-0.2, -0.15) is 0 Å². The number of sulfonamides is 1. The summed E-state index contributed by atoms with van der Waals surface area (Å²) in [5, 5.41) is 0. The molecule has 0 unspecified atom stereocenters. The Balaban J connectivity index is 2.06. The number of aryl methyl sites for hydroxylation is 1.